The van der Waals surface area contributed by atoms with E-state index < -0.39 is 11.9 Å². The molecule has 7 nitrogen and oxygen atoms in total. The number of benzene rings is 1. The molecule has 0 aliphatic rings. The van der Waals surface area contributed by atoms with Gasteiger partial charge in [-0.3, -0.25) is 4.40 Å². The van der Waals surface area contributed by atoms with Crippen LogP contribution in [0.25, 0.3) is 16.9 Å². The third-order valence-electron chi connectivity index (χ3n) is 4.95. The van der Waals surface area contributed by atoms with E-state index >= 15 is 0 Å². The van der Waals surface area contributed by atoms with E-state index in [1.54, 1.807) is 24.3 Å². The molecule has 0 aliphatic carbocycles. The molecule has 4 aromatic rings. The van der Waals surface area contributed by atoms with Gasteiger partial charge in [-0.25, -0.2) is 15.0 Å². The molecule has 0 amide bonds. The van der Waals surface area contributed by atoms with Crippen LogP contribution in [0.2, 0.25) is 10.0 Å². The highest BCUT2D eigenvalue weighted by Gasteiger charge is 2.34. The first kappa shape index (κ1) is 23.6. The van der Waals surface area contributed by atoms with Crippen molar-refractivity contribution in [2.24, 2.45) is 0 Å². The maximum atomic E-state index is 13.3. The first-order chi connectivity index (χ1) is 16.2. The first-order valence-corrected chi connectivity index (χ1v) is 10.7. The number of aryl methyl sites for hydroxylation is 1. The number of fused-ring (bicyclic) bond motifs is 1. The molecule has 0 unspecified atom stereocenters. The van der Waals surface area contributed by atoms with Gasteiger partial charge in [0.15, 0.2) is 5.69 Å². The standard InChI is InChI=1S/C22H16Cl2F3N7/c23-13-4-6-15(16(24)8-13)17-9-19-33-18(22(25,26)27)11-34(19)21(32-17)30-7-1-2-14-5-3-12(10-28)20(29)31-14/h3-6,8-9,11H,1-2,7H2,(H2,29,31)(H,30,32). The van der Waals surface area contributed by atoms with E-state index in [2.05, 4.69) is 20.3 Å². The number of alkyl halides is 3. The van der Waals surface area contributed by atoms with Crippen molar-refractivity contribution < 1.29 is 13.2 Å². The molecular formula is C22H16Cl2F3N7. The van der Waals surface area contributed by atoms with Gasteiger partial charge in [0.25, 0.3) is 0 Å². The highest BCUT2D eigenvalue weighted by Crippen LogP contribution is 2.33. The summed E-state index contributed by atoms with van der Waals surface area (Å²) in [5.74, 6) is 0.329. The molecule has 1 aromatic carbocycles. The summed E-state index contributed by atoms with van der Waals surface area (Å²) in [6.07, 6.45) is -2.61. The predicted octanol–water partition coefficient (Wildman–Crippen LogP) is 5.62. The van der Waals surface area contributed by atoms with Gasteiger partial charge in [0.1, 0.15) is 17.5 Å². The summed E-state index contributed by atoms with van der Waals surface area (Å²) >= 11 is 12.2. The molecule has 0 bridgehead atoms. The van der Waals surface area contributed by atoms with E-state index in [1.165, 1.54) is 16.5 Å². The largest absolute Gasteiger partial charge is 0.434 e. The fourth-order valence-corrected chi connectivity index (χ4v) is 3.81. The van der Waals surface area contributed by atoms with Gasteiger partial charge in [-0.1, -0.05) is 23.2 Å². The Labute approximate surface area is 202 Å². The second-order valence-electron chi connectivity index (χ2n) is 7.32. The second kappa shape index (κ2) is 9.37. The van der Waals surface area contributed by atoms with Crippen molar-refractivity contribution in [3.63, 3.8) is 0 Å². The first-order valence-electron chi connectivity index (χ1n) is 9.98. The molecule has 0 saturated heterocycles. The Morgan fingerprint density at radius 3 is 2.56 bits per heavy atom. The molecule has 174 valence electrons. The highest BCUT2D eigenvalue weighted by atomic mass is 35.5. The van der Waals surface area contributed by atoms with Crippen molar-refractivity contribution in [1.29, 1.82) is 5.26 Å². The number of hydrogen-bond donors (Lipinski definition) is 2. The van der Waals surface area contributed by atoms with Crippen molar-refractivity contribution in [1.82, 2.24) is 19.4 Å². The lowest BCUT2D eigenvalue weighted by atomic mass is 10.1. The Morgan fingerprint density at radius 2 is 1.88 bits per heavy atom. The van der Waals surface area contributed by atoms with Crippen molar-refractivity contribution in [2.45, 2.75) is 19.0 Å². The summed E-state index contributed by atoms with van der Waals surface area (Å²) in [7, 11) is 0. The van der Waals surface area contributed by atoms with Crippen LogP contribution in [0.1, 0.15) is 23.4 Å². The Bertz CT molecular complexity index is 1410. The van der Waals surface area contributed by atoms with Gasteiger partial charge in [-0.2, -0.15) is 18.4 Å². The number of nitrogens with one attached hydrogen (secondary N) is 1. The zero-order valence-corrected chi connectivity index (χ0v) is 18.9. The van der Waals surface area contributed by atoms with Crippen LogP contribution in [0.3, 0.4) is 0 Å². The number of halogens is 5. The van der Waals surface area contributed by atoms with E-state index in [4.69, 9.17) is 34.2 Å². The summed E-state index contributed by atoms with van der Waals surface area (Å²) in [4.78, 5) is 12.4. The van der Waals surface area contributed by atoms with Crippen molar-refractivity contribution >= 4 is 40.6 Å². The average molecular weight is 506 g/mol. The maximum Gasteiger partial charge on any atom is 0.434 e. The second-order valence-corrected chi connectivity index (χ2v) is 8.16. The number of imidazole rings is 1. The summed E-state index contributed by atoms with van der Waals surface area (Å²) in [5, 5.41) is 12.7. The summed E-state index contributed by atoms with van der Waals surface area (Å²) in [6.45, 7) is 0.376. The lowest BCUT2D eigenvalue weighted by Gasteiger charge is -2.11. The number of rotatable bonds is 6. The molecule has 4 rings (SSSR count). The van der Waals surface area contributed by atoms with Gasteiger partial charge < -0.3 is 11.1 Å². The minimum absolute atomic E-state index is 0.0624. The van der Waals surface area contributed by atoms with Gasteiger partial charge in [0.05, 0.1) is 16.3 Å². The number of nitrogens with zero attached hydrogens (tertiary/aromatic N) is 5. The number of nitrogen functional groups attached to an aromatic ring is 1. The summed E-state index contributed by atoms with van der Waals surface area (Å²) in [5.41, 5.74) is 6.61. The summed E-state index contributed by atoms with van der Waals surface area (Å²) in [6, 6.07) is 11.5. The zero-order valence-electron chi connectivity index (χ0n) is 17.4. The van der Waals surface area contributed by atoms with Gasteiger partial charge >= 0.3 is 6.18 Å². The highest BCUT2D eigenvalue weighted by molar-refractivity contribution is 6.36. The molecule has 0 saturated carbocycles. The fraction of sp³-hybridized carbons (Fsp3) is 0.182. The summed E-state index contributed by atoms with van der Waals surface area (Å²) < 4.78 is 41.1. The quantitative estimate of drug-likeness (QED) is 0.329. The van der Waals surface area contributed by atoms with Crippen LogP contribution < -0.4 is 11.1 Å². The maximum absolute atomic E-state index is 13.3. The molecule has 3 N–H and O–H groups in total. The van der Waals surface area contributed by atoms with Gasteiger partial charge in [-0.05, 0) is 43.2 Å². The molecule has 0 radical (unpaired) electrons. The van der Waals surface area contributed by atoms with E-state index in [9.17, 15) is 13.2 Å². The van der Waals surface area contributed by atoms with Crippen LogP contribution in [-0.2, 0) is 12.6 Å². The molecule has 12 heteroatoms. The number of aromatic nitrogens is 4. The number of anilines is 2. The zero-order chi connectivity index (χ0) is 24.5. The molecule has 3 aromatic heterocycles. The molecule has 0 spiro atoms. The van der Waals surface area contributed by atoms with Crippen LogP contribution in [0.15, 0.2) is 42.6 Å². The Balaban J connectivity index is 1.61. The number of hydrogen-bond acceptors (Lipinski definition) is 6. The number of pyridine rings is 1. The molecule has 0 fully saturated rings. The molecule has 3 heterocycles. The molecule has 0 aliphatic heterocycles. The Hall–Kier alpha value is -3.55. The Kier molecular flexibility index (Phi) is 6.50. The lowest BCUT2D eigenvalue weighted by molar-refractivity contribution is -0.140. The number of nitrogens with two attached hydrogens (primary N) is 1. The fourth-order valence-electron chi connectivity index (χ4n) is 3.31. The van der Waals surface area contributed by atoms with E-state index in [0.29, 0.717) is 51.9 Å². The smallest absolute Gasteiger partial charge is 0.383 e. The van der Waals surface area contributed by atoms with Crippen LogP contribution in [0.5, 0.6) is 0 Å². The van der Waals surface area contributed by atoms with Crippen LogP contribution >= 0.6 is 23.2 Å². The third-order valence-corrected chi connectivity index (χ3v) is 5.49. The van der Waals surface area contributed by atoms with Gasteiger partial charge in [0, 0.05) is 35.1 Å². The van der Waals surface area contributed by atoms with Crippen molar-refractivity contribution in [2.75, 3.05) is 17.6 Å². The number of nitriles is 1. The SMILES string of the molecule is N#Cc1ccc(CCCNc2nc(-c3ccc(Cl)cc3Cl)cc3nc(C(F)(F)F)cn23)nc1N. The van der Waals surface area contributed by atoms with E-state index in [0.717, 1.165) is 6.20 Å². The molecule has 0 atom stereocenters. The van der Waals surface area contributed by atoms with E-state index in [1.807, 2.05) is 6.07 Å². The van der Waals surface area contributed by atoms with Gasteiger partial charge in [0.2, 0.25) is 5.95 Å². The molecular weight excluding hydrogens is 490 g/mol. The van der Waals surface area contributed by atoms with Crippen molar-refractivity contribution in [3.8, 4) is 17.3 Å². The molecule has 34 heavy (non-hydrogen) atoms. The van der Waals surface area contributed by atoms with E-state index in [-0.39, 0.29) is 17.4 Å². The van der Waals surface area contributed by atoms with Crippen molar-refractivity contribution in [3.05, 3.63) is 69.6 Å². The van der Waals surface area contributed by atoms with Crippen LogP contribution in [0.4, 0.5) is 24.9 Å². The average Bonchev–Trinajstić information content (AvgIpc) is 3.22. The van der Waals surface area contributed by atoms with Gasteiger partial charge in [-0.15, -0.1) is 0 Å². The van der Waals surface area contributed by atoms with Crippen LogP contribution in [-0.4, -0.2) is 25.9 Å². The third kappa shape index (κ3) is 5.00. The normalized spacial score (nSPS) is 11.5. The minimum atomic E-state index is -4.61. The predicted molar refractivity (Wildman–Crippen MR) is 124 cm³/mol. The lowest BCUT2D eigenvalue weighted by Crippen LogP contribution is -2.10. The van der Waals surface area contributed by atoms with Crippen LogP contribution in [0, 0.1) is 11.3 Å². The minimum Gasteiger partial charge on any atom is -0.383 e. The monoisotopic (exact) mass is 505 g/mol. The Morgan fingerprint density at radius 1 is 1.09 bits per heavy atom. The topological polar surface area (TPSA) is 105 Å².